The molecule has 0 unspecified atom stereocenters. The van der Waals surface area contributed by atoms with Crippen molar-refractivity contribution in [1.82, 2.24) is 0 Å². The highest BCUT2D eigenvalue weighted by atomic mass is 16.6. The molecule has 0 rings (SSSR count). The van der Waals surface area contributed by atoms with Crippen molar-refractivity contribution in [3.05, 3.63) is 0 Å². The fourth-order valence-electron chi connectivity index (χ4n) is 2.56. The van der Waals surface area contributed by atoms with Crippen LogP contribution in [-0.4, -0.2) is 64.1 Å². The molecule has 5 heteroatoms. The number of ether oxygens (including phenoxy) is 5. The van der Waals surface area contributed by atoms with Crippen LogP contribution in [0.5, 0.6) is 0 Å². The molecule has 0 aliphatic heterocycles. The molecule has 0 bridgehead atoms. The highest BCUT2D eigenvalue weighted by molar-refractivity contribution is 4.85. The summed E-state index contributed by atoms with van der Waals surface area (Å²) < 4.78 is 29.3. The molecular weight excluding hydrogens is 284 g/mol. The highest BCUT2D eigenvalue weighted by Crippen LogP contribution is 2.20. The standard InChI is InChI=1S/C17H36O5/c1-7-14(19-9-3)16(21-11-5)17(22-12-6)15(20-10-4)13-18-8-2/h14-17H,7-13H2,1-6H3/t14-,15+,16+,17+/m0/s1. The lowest BCUT2D eigenvalue weighted by molar-refractivity contribution is -0.184. The molecule has 0 aliphatic carbocycles. The largest absolute Gasteiger partial charge is 0.379 e. The van der Waals surface area contributed by atoms with Gasteiger partial charge in [0.1, 0.15) is 18.3 Å². The quantitative estimate of drug-likeness (QED) is 0.464. The van der Waals surface area contributed by atoms with E-state index in [1.165, 1.54) is 0 Å². The number of hydrogen-bond acceptors (Lipinski definition) is 5. The zero-order chi connectivity index (χ0) is 16.8. The summed E-state index contributed by atoms with van der Waals surface area (Å²) in [6.07, 6.45) is 0.345. The van der Waals surface area contributed by atoms with Crippen molar-refractivity contribution < 1.29 is 23.7 Å². The van der Waals surface area contributed by atoms with E-state index >= 15 is 0 Å². The highest BCUT2D eigenvalue weighted by Gasteiger charge is 2.36. The predicted octanol–water partition coefficient (Wildman–Crippen LogP) is 3.05. The van der Waals surface area contributed by atoms with Gasteiger partial charge in [-0.3, -0.25) is 0 Å². The first-order valence-corrected chi connectivity index (χ1v) is 8.73. The number of hydrogen-bond donors (Lipinski definition) is 0. The van der Waals surface area contributed by atoms with E-state index in [1.807, 2.05) is 34.6 Å². The van der Waals surface area contributed by atoms with Gasteiger partial charge in [0.2, 0.25) is 0 Å². The maximum atomic E-state index is 5.99. The van der Waals surface area contributed by atoms with E-state index in [4.69, 9.17) is 23.7 Å². The van der Waals surface area contributed by atoms with Crippen LogP contribution in [0.4, 0.5) is 0 Å². The summed E-state index contributed by atoms with van der Waals surface area (Å²) in [6.45, 7) is 15.7. The Hall–Kier alpha value is -0.200. The van der Waals surface area contributed by atoms with Gasteiger partial charge in [0.05, 0.1) is 12.7 Å². The topological polar surface area (TPSA) is 46.2 Å². The molecule has 0 N–H and O–H groups in total. The molecule has 0 saturated heterocycles. The van der Waals surface area contributed by atoms with E-state index in [-0.39, 0.29) is 24.4 Å². The molecule has 0 aromatic rings. The van der Waals surface area contributed by atoms with Crippen LogP contribution in [0.3, 0.4) is 0 Å². The van der Waals surface area contributed by atoms with E-state index in [0.29, 0.717) is 39.6 Å². The predicted molar refractivity (Wildman–Crippen MR) is 88.4 cm³/mol. The van der Waals surface area contributed by atoms with Crippen molar-refractivity contribution in [2.75, 3.05) is 39.6 Å². The van der Waals surface area contributed by atoms with Crippen LogP contribution < -0.4 is 0 Å². The van der Waals surface area contributed by atoms with Crippen molar-refractivity contribution in [2.45, 2.75) is 72.4 Å². The zero-order valence-corrected chi connectivity index (χ0v) is 15.3. The Morgan fingerprint density at radius 1 is 0.545 bits per heavy atom. The Morgan fingerprint density at radius 3 is 1.41 bits per heavy atom. The van der Waals surface area contributed by atoms with Gasteiger partial charge in [0.25, 0.3) is 0 Å². The fourth-order valence-corrected chi connectivity index (χ4v) is 2.56. The second-order valence-corrected chi connectivity index (χ2v) is 4.90. The van der Waals surface area contributed by atoms with Gasteiger partial charge in [-0.15, -0.1) is 0 Å². The average molecular weight is 320 g/mol. The maximum Gasteiger partial charge on any atom is 0.115 e. The lowest BCUT2D eigenvalue weighted by atomic mass is 10.0. The monoisotopic (exact) mass is 320 g/mol. The Bertz CT molecular complexity index is 237. The van der Waals surface area contributed by atoms with Gasteiger partial charge in [-0.2, -0.15) is 0 Å². The minimum atomic E-state index is -0.201. The molecule has 0 aliphatic rings. The summed E-state index contributed by atoms with van der Waals surface area (Å²) in [7, 11) is 0. The first kappa shape index (κ1) is 21.8. The van der Waals surface area contributed by atoms with Gasteiger partial charge in [-0.1, -0.05) is 6.92 Å². The third-order valence-electron chi connectivity index (χ3n) is 3.42. The van der Waals surface area contributed by atoms with Crippen LogP contribution in [0.1, 0.15) is 48.0 Å². The second-order valence-electron chi connectivity index (χ2n) is 4.90. The van der Waals surface area contributed by atoms with Crippen LogP contribution in [0.25, 0.3) is 0 Å². The molecule has 0 spiro atoms. The molecule has 0 aromatic heterocycles. The molecular formula is C17H36O5. The SMILES string of the molecule is CCOC[C@@H](OCC)[C@@H](OCC)[C@H](OCC)[C@H](CC)OCC. The van der Waals surface area contributed by atoms with Gasteiger partial charge in [0, 0.05) is 33.0 Å². The van der Waals surface area contributed by atoms with Gasteiger partial charge in [-0.25, -0.2) is 0 Å². The van der Waals surface area contributed by atoms with Crippen molar-refractivity contribution in [3.63, 3.8) is 0 Å². The summed E-state index contributed by atoms with van der Waals surface area (Å²) >= 11 is 0. The van der Waals surface area contributed by atoms with Crippen LogP contribution >= 0.6 is 0 Å². The van der Waals surface area contributed by atoms with Crippen LogP contribution in [0.15, 0.2) is 0 Å². The Labute approximate surface area is 136 Å². The molecule has 4 atom stereocenters. The molecule has 0 fully saturated rings. The van der Waals surface area contributed by atoms with Gasteiger partial charge >= 0.3 is 0 Å². The minimum absolute atomic E-state index is 0.00826. The third kappa shape index (κ3) is 7.88. The molecule has 5 nitrogen and oxygen atoms in total. The molecule has 0 amide bonds. The number of rotatable bonds is 15. The van der Waals surface area contributed by atoms with Crippen LogP contribution in [-0.2, 0) is 23.7 Å². The fraction of sp³-hybridized carbons (Fsp3) is 1.00. The van der Waals surface area contributed by atoms with E-state index in [9.17, 15) is 0 Å². The summed E-state index contributed by atoms with van der Waals surface area (Å²) in [4.78, 5) is 0. The molecule has 0 aromatic carbocycles. The third-order valence-corrected chi connectivity index (χ3v) is 3.42. The average Bonchev–Trinajstić information content (AvgIpc) is 2.53. The van der Waals surface area contributed by atoms with Crippen LogP contribution in [0, 0.1) is 0 Å². The Balaban J connectivity index is 5.18. The van der Waals surface area contributed by atoms with E-state index in [2.05, 4.69) is 6.92 Å². The normalized spacial score (nSPS) is 17.2. The van der Waals surface area contributed by atoms with Gasteiger partial charge in [0.15, 0.2) is 0 Å². The van der Waals surface area contributed by atoms with Crippen molar-refractivity contribution >= 4 is 0 Å². The molecule has 22 heavy (non-hydrogen) atoms. The van der Waals surface area contributed by atoms with Gasteiger partial charge < -0.3 is 23.7 Å². The van der Waals surface area contributed by atoms with E-state index in [1.54, 1.807) is 0 Å². The lowest BCUT2D eigenvalue weighted by Crippen LogP contribution is -2.51. The smallest absolute Gasteiger partial charge is 0.115 e. The van der Waals surface area contributed by atoms with Crippen LogP contribution in [0.2, 0.25) is 0 Å². The Morgan fingerprint density at radius 2 is 1.00 bits per heavy atom. The Kier molecular flexibility index (Phi) is 14.3. The van der Waals surface area contributed by atoms with Crippen molar-refractivity contribution in [2.24, 2.45) is 0 Å². The van der Waals surface area contributed by atoms with Crippen molar-refractivity contribution in [1.29, 1.82) is 0 Å². The zero-order valence-electron chi connectivity index (χ0n) is 15.3. The summed E-state index contributed by atoms with van der Waals surface area (Å²) in [6, 6.07) is 0. The van der Waals surface area contributed by atoms with E-state index in [0.717, 1.165) is 6.42 Å². The molecule has 0 heterocycles. The van der Waals surface area contributed by atoms with Crippen molar-refractivity contribution in [3.8, 4) is 0 Å². The summed E-state index contributed by atoms with van der Waals surface area (Å²) in [5, 5.41) is 0. The van der Waals surface area contributed by atoms with Gasteiger partial charge in [-0.05, 0) is 41.0 Å². The second kappa shape index (κ2) is 14.4. The molecule has 134 valence electrons. The summed E-state index contributed by atoms with van der Waals surface area (Å²) in [5.41, 5.74) is 0. The molecule has 0 saturated carbocycles. The first-order chi connectivity index (χ1) is 10.7. The minimum Gasteiger partial charge on any atom is -0.379 e. The lowest BCUT2D eigenvalue weighted by Gasteiger charge is -2.36. The first-order valence-electron chi connectivity index (χ1n) is 8.73. The maximum absolute atomic E-state index is 5.99. The van der Waals surface area contributed by atoms with E-state index < -0.39 is 0 Å². The molecule has 0 radical (unpaired) electrons. The summed E-state index contributed by atoms with van der Waals surface area (Å²) in [5.74, 6) is 0.